The largest absolute Gasteiger partial charge is 0.487 e. The average Bonchev–Trinajstić information content (AvgIpc) is 2.47. The lowest BCUT2D eigenvalue weighted by atomic mass is 10.2. The lowest BCUT2D eigenvalue weighted by molar-refractivity contribution is 0.0977. The molecule has 2 rings (SSSR count). The number of rotatable bonds is 4. The Bertz CT molecular complexity index is 751. The molecule has 120 valence electrons. The van der Waals surface area contributed by atoms with E-state index in [9.17, 15) is 9.18 Å². The van der Waals surface area contributed by atoms with Gasteiger partial charge in [-0.15, -0.1) is 0 Å². The van der Waals surface area contributed by atoms with Crippen LogP contribution in [0.3, 0.4) is 0 Å². The zero-order valence-electron chi connectivity index (χ0n) is 11.6. The highest BCUT2D eigenvalue weighted by Crippen LogP contribution is 2.28. The van der Waals surface area contributed by atoms with Crippen LogP contribution in [0.15, 0.2) is 36.4 Å². The molecule has 0 saturated heterocycles. The standard InChI is InChI=1S/C15H11Cl2FN2O2S/c16-10-2-1-3-12(18)9(10)7-22-13-5-4-8(6-11(13)17)14(21)20-15(19)23/h1-6H,7H2,(H3,19,20,21,23). The second kappa shape index (κ2) is 7.59. The highest BCUT2D eigenvalue weighted by Gasteiger charge is 2.12. The topological polar surface area (TPSA) is 64.3 Å². The zero-order chi connectivity index (χ0) is 17.0. The predicted octanol–water partition coefficient (Wildman–Crippen LogP) is 3.68. The quantitative estimate of drug-likeness (QED) is 0.803. The van der Waals surface area contributed by atoms with Crippen LogP contribution in [0.4, 0.5) is 4.39 Å². The van der Waals surface area contributed by atoms with Gasteiger partial charge in [-0.2, -0.15) is 0 Å². The lowest BCUT2D eigenvalue weighted by Crippen LogP contribution is -2.34. The number of ether oxygens (including phenoxy) is 1. The maximum atomic E-state index is 13.7. The maximum absolute atomic E-state index is 13.7. The third-order valence-corrected chi connectivity index (χ3v) is 3.62. The maximum Gasteiger partial charge on any atom is 0.257 e. The first kappa shape index (κ1) is 17.5. The molecule has 0 aliphatic heterocycles. The number of nitrogens with one attached hydrogen (secondary N) is 1. The van der Waals surface area contributed by atoms with Crippen molar-refractivity contribution in [3.05, 3.63) is 63.4 Å². The number of carbonyl (C=O) groups is 1. The summed E-state index contributed by atoms with van der Waals surface area (Å²) < 4.78 is 19.1. The summed E-state index contributed by atoms with van der Waals surface area (Å²) in [7, 11) is 0. The minimum atomic E-state index is -0.483. The molecule has 4 nitrogen and oxygen atoms in total. The fourth-order valence-electron chi connectivity index (χ4n) is 1.76. The van der Waals surface area contributed by atoms with Crippen LogP contribution in [-0.2, 0) is 6.61 Å². The normalized spacial score (nSPS) is 10.2. The summed E-state index contributed by atoms with van der Waals surface area (Å²) in [5, 5.41) is 2.59. The van der Waals surface area contributed by atoms with Gasteiger partial charge in [0.15, 0.2) is 5.11 Å². The summed E-state index contributed by atoms with van der Waals surface area (Å²) >= 11 is 16.6. The summed E-state index contributed by atoms with van der Waals surface area (Å²) in [6, 6.07) is 8.73. The molecular formula is C15H11Cl2FN2O2S. The molecule has 0 unspecified atom stereocenters. The molecule has 3 N–H and O–H groups in total. The van der Waals surface area contributed by atoms with E-state index in [1.807, 2.05) is 0 Å². The van der Waals surface area contributed by atoms with E-state index < -0.39 is 11.7 Å². The highest BCUT2D eigenvalue weighted by atomic mass is 35.5. The van der Waals surface area contributed by atoms with Gasteiger partial charge in [0.05, 0.1) is 10.0 Å². The molecule has 0 saturated carbocycles. The van der Waals surface area contributed by atoms with Gasteiger partial charge >= 0.3 is 0 Å². The van der Waals surface area contributed by atoms with E-state index in [0.29, 0.717) is 0 Å². The van der Waals surface area contributed by atoms with Crippen LogP contribution in [0.2, 0.25) is 10.0 Å². The number of benzene rings is 2. The average molecular weight is 373 g/mol. The third-order valence-electron chi connectivity index (χ3n) is 2.86. The summed E-state index contributed by atoms with van der Waals surface area (Å²) in [6.07, 6.45) is 0. The Hall–Kier alpha value is -1.89. The molecule has 0 aliphatic rings. The molecule has 1 amide bonds. The Balaban J connectivity index is 2.13. The number of hydrogen-bond donors (Lipinski definition) is 2. The molecule has 0 fully saturated rings. The summed E-state index contributed by atoms with van der Waals surface area (Å²) in [5.74, 6) is -0.665. The smallest absolute Gasteiger partial charge is 0.257 e. The van der Waals surface area contributed by atoms with Gasteiger partial charge in [-0.05, 0) is 42.5 Å². The van der Waals surface area contributed by atoms with Gasteiger partial charge in [-0.25, -0.2) is 4.39 Å². The second-order valence-electron chi connectivity index (χ2n) is 4.45. The van der Waals surface area contributed by atoms with E-state index >= 15 is 0 Å². The van der Waals surface area contributed by atoms with Crippen molar-refractivity contribution in [3.63, 3.8) is 0 Å². The zero-order valence-corrected chi connectivity index (χ0v) is 13.9. The molecule has 2 aromatic carbocycles. The molecule has 0 radical (unpaired) electrons. The summed E-state index contributed by atoms with van der Waals surface area (Å²) in [4.78, 5) is 11.7. The van der Waals surface area contributed by atoms with Crippen molar-refractivity contribution < 1.29 is 13.9 Å². The SMILES string of the molecule is NC(=S)NC(=O)c1ccc(OCc2c(F)cccc2Cl)c(Cl)c1. The molecule has 0 aliphatic carbocycles. The Morgan fingerprint density at radius 3 is 2.61 bits per heavy atom. The van der Waals surface area contributed by atoms with Crippen LogP contribution in [-0.4, -0.2) is 11.0 Å². The Labute approximate surface area is 147 Å². The van der Waals surface area contributed by atoms with Crippen molar-refractivity contribution in [2.45, 2.75) is 6.61 Å². The van der Waals surface area contributed by atoms with Gasteiger partial charge < -0.3 is 10.5 Å². The van der Waals surface area contributed by atoms with E-state index in [2.05, 4.69) is 17.5 Å². The van der Waals surface area contributed by atoms with E-state index in [-0.39, 0.29) is 38.6 Å². The van der Waals surface area contributed by atoms with Crippen molar-refractivity contribution in [2.24, 2.45) is 5.73 Å². The van der Waals surface area contributed by atoms with Gasteiger partial charge in [-0.3, -0.25) is 10.1 Å². The Kier molecular flexibility index (Phi) is 5.76. The first-order chi connectivity index (χ1) is 10.9. The van der Waals surface area contributed by atoms with Crippen molar-refractivity contribution >= 4 is 46.4 Å². The van der Waals surface area contributed by atoms with E-state index in [4.69, 9.17) is 33.7 Å². The van der Waals surface area contributed by atoms with Crippen molar-refractivity contribution in [1.29, 1.82) is 0 Å². The number of thiocarbonyl (C=S) groups is 1. The van der Waals surface area contributed by atoms with Gasteiger partial charge in [0, 0.05) is 11.1 Å². The Morgan fingerprint density at radius 1 is 1.26 bits per heavy atom. The van der Waals surface area contributed by atoms with Crippen molar-refractivity contribution in [3.8, 4) is 5.75 Å². The summed E-state index contributed by atoms with van der Waals surface area (Å²) in [5.41, 5.74) is 5.72. The monoisotopic (exact) mass is 372 g/mol. The first-order valence-electron chi connectivity index (χ1n) is 6.34. The number of amides is 1. The molecule has 2 aromatic rings. The molecule has 0 aromatic heterocycles. The first-order valence-corrected chi connectivity index (χ1v) is 7.51. The molecule has 0 atom stereocenters. The number of halogens is 3. The van der Waals surface area contributed by atoms with Crippen LogP contribution in [0.25, 0.3) is 0 Å². The lowest BCUT2D eigenvalue weighted by Gasteiger charge is -2.11. The Morgan fingerprint density at radius 2 is 2.00 bits per heavy atom. The molecule has 23 heavy (non-hydrogen) atoms. The van der Waals surface area contributed by atoms with Crippen LogP contribution in [0.5, 0.6) is 5.75 Å². The number of hydrogen-bond acceptors (Lipinski definition) is 3. The van der Waals surface area contributed by atoms with Gasteiger partial charge in [0.25, 0.3) is 5.91 Å². The van der Waals surface area contributed by atoms with E-state index in [0.717, 1.165) is 0 Å². The molecule has 8 heteroatoms. The van der Waals surface area contributed by atoms with Gasteiger partial charge in [0.1, 0.15) is 18.2 Å². The van der Waals surface area contributed by atoms with Crippen LogP contribution >= 0.6 is 35.4 Å². The summed E-state index contributed by atoms with van der Waals surface area (Å²) in [6.45, 7) is -0.0936. The third kappa shape index (κ3) is 4.54. The van der Waals surface area contributed by atoms with Crippen LogP contribution in [0.1, 0.15) is 15.9 Å². The minimum Gasteiger partial charge on any atom is -0.487 e. The minimum absolute atomic E-state index is 0.0936. The fourth-order valence-corrected chi connectivity index (χ4v) is 2.31. The van der Waals surface area contributed by atoms with Crippen LogP contribution in [0, 0.1) is 5.82 Å². The number of nitrogens with two attached hydrogens (primary N) is 1. The number of carbonyl (C=O) groups excluding carboxylic acids is 1. The highest BCUT2D eigenvalue weighted by molar-refractivity contribution is 7.80. The van der Waals surface area contributed by atoms with E-state index in [1.54, 1.807) is 6.07 Å². The van der Waals surface area contributed by atoms with Crippen molar-refractivity contribution in [2.75, 3.05) is 0 Å². The fraction of sp³-hybridized carbons (Fsp3) is 0.0667. The molecule has 0 spiro atoms. The molecular weight excluding hydrogens is 362 g/mol. The van der Waals surface area contributed by atoms with Gasteiger partial charge in [-0.1, -0.05) is 29.3 Å². The van der Waals surface area contributed by atoms with E-state index in [1.165, 1.54) is 30.3 Å². The van der Waals surface area contributed by atoms with Crippen molar-refractivity contribution in [1.82, 2.24) is 5.32 Å². The second-order valence-corrected chi connectivity index (χ2v) is 5.71. The van der Waals surface area contributed by atoms with Gasteiger partial charge in [0.2, 0.25) is 0 Å². The van der Waals surface area contributed by atoms with Crippen LogP contribution < -0.4 is 15.8 Å². The predicted molar refractivity (Wildman–Crippen MR) is 91.4 cm³/mol. The molecule has 0 heterocycles. The molecule has 0 bridgehead atoms.